The van der Waals surface area contributed by atoms with Crippen molar-refractivity contribution in [2.24, 2.45) is 5.92 Å². The van der Waals surface area contributed by atoms with Crippen molar-refractivity contribution in [2.45, 2.75) is 39.0 Å². The number of aryl methyl sites for hydroxylation is 1. The Balaban J connectivity index is 1.66. The normalized spacial score (nSPS) is 13.9. The molecule has 6 nitrogen and oxygen atoms in total. The van der Waals surface area contributed by atoms with E-state index in [-0.39, 0.29) is 0 Å². The van der Waals surface area contributed by atoms with E-state index in [2.05, 4.69) is 16.7 Å². The van der Waals surface area contributed by atoms with Crippen molar-refractivity contribution in [2.75, 3.05) is 14.2 Å². The Morgan fingerprint density at radius 2 is 1.71 bits per heavy atom. The minimum atomic E-state index is -0.926. The predicted molar refractivity (Wildman–Crippen MR) is 137 cm³/mol. The number of carboxylic acid groups (broad SMARTS) is 1. The molecule has 1 saturated carbocycles. The molecule has 0 spiro atoms. The van der Waals surface area contributed by atoms with Crippen LogP contribution >= 0.6 is 0 Å². The molecule has 0 atom stereocenters. The van der Waals surface area contributed by atoms with Gasteiger partial charge in [-0.3, -0.25) is 4.57 Å². The Labute approximate surface area is 205 Å². The van der Waals surface area contributed by atoms with Gasteiger partial charge >= 0.3 is 5.97 Å². The zero-order chi connectivity index (χ0) is 24.5. The highest BCUT2D eigenvalue weighted by atomic mass is 16.5. The highest BCUT2D eigenvalue weighted by Crippen LogP contribution is 2.37. The first-order chi connectivity index (χ1) is 17.0. The van der Waals surface area contributed by atoms with Crippen molar-refractivity contribution in [3.63, 3.8) is 0 Å². The van der Waals surface area contributed by atoms with E-state index < -0.39 is 5.97 Å². The monoisotopic (exact) mass is 470 g/mol. The van der Waals surface area contributed by atoms with E-state index in [9.17, 15) is 9.90 Å². The lowest BCUT2D eigenvalue weighted by Gasteiger charge is -2.16. The van der Waals surface area contributed by atoms with Crippen LogP contribution in [0.15, 0.2) is 54.6 Å². The van der Waals surface area contributed by atoms with Crippen LogP contribution in [-0.4, -0.2) is 34.8 Å². The summed E-state index contributed by atoms with van der Waals surface area (Å²) in [5.41, 5.74) is 5.77. The highest BCUT2D eigenvalue weighted by Gasteiger charge is 2.22. The molecular weight excluding hydrogens is 440 g/mol. The minimum Gasteiger partial charge on any atom is -0.493 e. The number of benzene rings is 3. The molecule has 0 amide bonds. The summed E-state index contributed by atoms with van der Waals surface area (Å²) in [6.45, 7) is 2.02. The van der Waals surface area contributed by atoms with Crippen molar-refractivity contribution in [3.05, 3.63) is 71.5 Å². The predicted octanol–water partition coefficient (Wildman–Crippen LogP) is 6.45. The van der Waals surface area contributed by atoms with Crippen molar-refractivity contribution < 1.29 is 19.4 Å². The quantitative estimate of drug-likeness (QED) is 0.336. The number of hydrogen-bond donors (Lipinski definition) is 1. The van der Waals surface area contributed by atoms with Crippen LogP contribution in [0.25, 0.3) is 27.8 Å². The number of ether oxygens (including phenoxy) is 2. The van der Waals surface area contributed by atoms with Gasteiger partial charge in [0.05, 0.1) is 30.8 Å². The number of fused-ring (bicyclic) bond motifs is 1. The molecule has 1 aliphatic carbocycles. The number of hydrogen-bond acceptors (Lipinski definition) is 4. The SMILES string of the molecule is COc1cc2nc(CC3CCCC3)n(-c3ccc(-c4ccccc4C(=O)O)c(C)c3)c2cc1OC. The second kappa shape index (κ2) is 9.45. The topological polar surface area (TPSA) is 73.6 Å². The van der Waals surface area contributed by atoms with E-state index in [0.717, 1.165) is 45.7 Å². The molecule has 5 rings (SSSR count). The molecule has 0 bridgehead atoms. The minimum absolute atomic E-state index is 0.301. The van der Waals surface area contributed by atoms with E-state index in [1.807, 2.05) is 37.3 Å². The maximum Gasteiger partial charge on any atom is 0.336 e. The molecule has 6 heteroatoms. The van der Waals surface area contributed by atoms with Gasteiger partial charge < -0.3 is 14.6 Å². The van der Waals surface area contributed by atoms with Gasteiger partial charge in [0, 0.05) is 24.2 Å². The van der Waals surface area contributed by atoms with E-state index >= 15 is 0 Å². The zero-order valence-corrected chi connectivity index (χ0v) is 20.4. The van der Waals surface area contributed by atoms with Crippen LogP contribution in [0.1, 0.15) is 47.4 Å². The first-order valence-corrected chi connectivity index (χ1v) is 12.1. The number of carbonyl (C=O) groups is 1. The van der Waals surface area contributed by atoms with Crippen molar-refractivity contribution in [3.8, 4) is 28.3 Å². The van der Waals surface area contributed by atoms with Crippen LogP contribution in [0.4, 0.5) is 0 Å². The lowest BCUT2D eigenvalue weighted by atomic mass is 9.95. The third kappa shape index (κ3) is 4.25. The van der Waals surface area contributed by atoms with Crippen LogP contribution in [0.3, 0.4) is 0 Å². The molecule has 0 aliphatic heterocycles. The first-order valence-electron chi connectivity index (χ1n) is 12.1. The summed E-state index contributed by atoms with van der Waals surface area (Å²) in [5.74, 6) is 2.06. The van der Waals surface area contributed by atoms with Gasteiger partial charge in [0.2, 0.25) is 0 Å². The molecule has 1 heterocycles. The van der Waals surface area contributed by atoms with Crippen molar-refractivity contribution >= 4 is 17.0 Å². The molecular formula is C29H30N2O4. The van der Waals surface area contributed by atoms with E-state index in [4.69, 9.17) is 14.5 Å². The number of aromatic nitrogens is 2. The fourth-order valence-corrected chi connectivity index (χ4v) is 5.35. The van der Waals surface area contributed by atoms with Gasteiger partial charge in [0.15, 0.2) is 11.5 Å². The van der Waals surface area contributed by atoms with E-state index in [1.54, 1.807) is 26.4 Å². The number of carboxylic acids is 1. The molecule has 1 N–H and O–H groups in total. The standard InChI is InChI=1S/C29H30N2O4/c1-18-14-20(12-13-21(18)22-10-6-7-11-23(22)29(32)33)31-25-17-27(35-3)26(34-2)16-24(25)30-28(31)15-19-8-4-5-9-19/h6-7,10-14,16-17,19H,4-5,8-9,15H2,1-3H3,(H,32,33). The van der Waals surface area contributed by atoms with Crippen LogP contribution in [0.2, 0.25) is 0 Å². The Morgan fingerprint density at radius 1 is 1.00 bits per heavy atom. The fraction of sp³-hybridized carbons (Fsp3) is 0.310. The van der Waals surface area contributed by atoms with Gasteiger partial charge in [-0.05, 0) is 47.7 Å². The number of rotatable bonds is 7. The van der Waals surface area contributed by atoms with Gasteiger partial charge in [-0.1, -0.05) is 49.9 Å². The summed E-state index contributed by atoms with van der Waals surface area (Å²) in [5, 5.41) is 9.67. The molecule has 0 saturated heterocycles. The van der Waals surface area contributed by atoms with E-state index in [1.165, 1.54) is 25.7 Å². The number of methoxy groups -OCH3 is 2. The second-order valence-electron chi connectivity index (χ2n) is 9.26. The smallest absolute Gasteiger partial charge is 0.336 e. The third-order valence-electron chi connectivity index (χ3n) is 7.09. The highest BCUT2D eigenvalue weighted by molar-refractivity contribution is 5.96. The van der Waals surface area contributed by atoms with Crippen LogP contribution < -0.4 is 9.47 Å². The summed E-state index contributed by atoms with van der Waals surface area (Å²) >= 11 is 0. The average Bonchev–Trinajstić information content (AvgIpc) is 3.50. The van der Waals surface area contributed by atoms with Crippen molar-refractivity contribution in [1.82, 2.24) is 9.55 Å². The molecule has 35 heavy (non-hydrogen) atoms. The number of aromatic carboxylic acids is 1. The largest absolute Gasteiger partial charge is 0.493 e. The fourth-order valence-electron chi connectivity index (χ4n) is 5.35. The Morgan fingerprint density at radius 3 is 2.40 bits per heavy atom. The van der Waals surface area contributed by atoms with Gasteiger partial charge in [-0.2, -0.15) is 0 Å². The molecule has 180 valence electrons. The van der Waals surface area contributed by atoms with Gasteiger partial charge in [-0.25, -0.2) is 9.78 Å². The lowest BCUT2D eigenvalue weighted by molar-refractivity contribution is 0.0697. The van der Waals surface area contributed by atoms with Crippen LogP contribution in [-0.2, 0) is 6.42 Å². The zero-order valence-electron chi connectivity index (χ0n) is 20.4. The summed E-state index contributed by atoms with van der Waals surface area (Å²) in [7, 11) is 3.28. The van der Waals surface area contributed by atoms with Crippen molar-refractivity contribution in [1.29, 1.82) is 0 Å². The molecule has 1 fully saturated rings. The van der Waals surface area contributed by atoms with Crippen LogP contribution in [0.5, 0.6) is 11.5 Å². The molecule has 4 aromatic rings. The lowest BCUT2D eigenvalue weighted by Crippen LogP contribution is -2.07. The molecule has 1 aliphatic rings. The van der Waals surface area contributed by atoms with Crippen LogP contribution in [0, 0.1) is 12.8 Å². The summed E-state index contributed by atoms with van der Waals surface area (Å²) in [4.78, 5) is 16.8. The number of imidazole rings is 1. The Hall–Kier alpha value is -3.80. The van der Waals surface area contributed by atoms with Gasteiger partial charge in [0.25, 0.3) is 0 Å². The average molecular weight is 471 g/mol. The van der Waals surface area contributed by atoms with E-state index in [0.29, 0.717) is 23.0 Å². The maximum absolute atomic E-state index is 11.8. The maximum atomic E-state index is 11.8. The number of nitrogens with zero attached hydrogens (tertiary/aromatic N) is 2. The second-order valence-corrected chi connectivity index (χ2v) is 9.26. The molecule has 3 aromatic carbocycles. The van der Waals surface area contributed by atoms with Gasteiger partial charge in [-0.15, -0.1) is 0 Å². The molecule has 0 radical (unpaired) electrons. The molecule has 0 unspecified atom stereocenters. The van der Waals surface area contributed by atoms with Gasteiger partial charge in [0.1, 0.15) is 5.82 Å². The summed E-state index contributed by atoms with van der Waals surface area (Å²) < 4.78 is 13.3. The summed E-state index contributed by atoms with van der Waals surface area (Å²) in [6, 6.07) is 17.2. The third-order valence-corrected chi connectivity index (χ3v) is 7.09. The summed E-state index contributed by atoms with van der Waals surface area (Å²) in [6.07, 6.45) is 5.95. The Bertz CT molecular complexity index is 1400. The first kappa shape index (κ1) is 23.0. The Kier molecular flexibility index (Phi) is 6.20. The molecule has 1 aromatic heterocycles.